The monoisotopic (exact) mass is 210 g/mol. The number of hydrogen-bond acceptors (Lipinski definition) is 2. The van der Waals surface area contributed by atoms with Crippen LogP contribution in [0, 0.1) is 0 Å². The van der Waals surface area contributed by atoms with E-state index in [4.69, 9.17) is 19.8 Å². The molecule has 0 aromatic carbocycles. The SMILES string of the molecule is CC(=O)O.CC(=O)O.Cl.[AlH3].[NaH]. The van der Waals surface area contributed by atoms with E-state index in [0.29, 0.717) is 0 Å². The number of carboxylic acids is 2. The third-order valence-electron chi connectivity index (χ3n) is 0. The van der Waals surface area contributed by atoms with Gasteiger partial charge in [0.1, 0.15) is 0 Å². The summed E-state index contributed by atoms with van der Waals surface area (Å²) in [5.41, 5.74) is 0. The molecule has 0 atom stereocenters. The van der Waals surface area contributed by atoms with E-state index in [2.05, 4.69) is 0 Å². The van der Waals surface area contributed by atoms with E-state index in [9.17, 15) is 0 Å². The van der Waals surface area contributed by atoms with Crippen molar-refractivity contribution in [3.05, 3.63) is 0 Å². The van der Waals surface area contributed by atoms with Crippen molar-refractivity contribution < 1.29 is 19.8 Å². The zero-order valence-electron chi connectivity index (χ0n) is 5.12. The molecule has 0 aliphatic heterocycles. The van der Waals surface area contributed by atoms with Gasteiger partial charge in [-0.3, -0.25) is 9.59 Å². The molecular formula is C4H13AlClNaO4. The summed E-state index contributed by atoms with van der Waals surface area (Å²) in [4.78, 5) is 18.0. The van der Waals surface area contributed by atoms with E-state index < -0.39 is 11.9 Å². The van der Waals surface area contributed by atoms with Gasteiger partial charge >= 0.3 is 29.6 Å². The first-order valence-electron chi connectivity index (χ1n) is 1.86. The Labute approximate surface area is 104 Å². The van der Waals surface area contributed by atoms with E-state index in [0.717, 1.165) is 13.8 Å². The van der Waals surface area contributed by atoms with Crippen molar-refractivity contribution in [2.75, 3.05) is 0 Å². The number of rotatable bonds is 0. The number of aliphatic carboxylic acids is 2. The van der Waals surface area contributed by atoms with Crippen LogP contribution >= 0.6 is 12.4 Å². The van der Waals surface area contributed by atoms with Gasteiger partial charge in [-0.05, 0) is 0 Å². The molecule has 2 N–H and O–H groups in total. The third kappa shape index (κ3) is 1420. The fourth-order valence-corrected chi connectivity index (χ4v) is 0. The topological polar surface area (TPSA) is 74.6 Å². The van der Waals surface area contributed by atoms with E-state index in [1.54, 1.807) is 0 Å². The zero-order chi connectivity index (χ0) is 7.15. The summed E-state index contributed by atoms with van der Waals surface area (Å²) in [6.45, 7) is 2.17. The van der Waals surface area contributed by atoms with Crippen molar-refractivity contribution in [1.82, 2.24) is 0 Å². The average molecular weight is 211 g/mol. The molecule has 0 aromatic rings. The van der Waals surface area contributed by atoms with Crippen LogP contribution in [0.1, 0.15) is 13.8 Å². The molecule has 7 heteroatoms. The van der Waals surface area contributed by atoms with Crippen molar-refractivity contribution in [1.29, 1.82) is 0 Å². The molecule has 0 unspecified atom stereocenters. The fourth-order valence-electron chi connectivity index (χ4n) is 0. The van der Waals surface area contributed by atoms with Crippen molar-refractivity contribution in [2.24, 2.45) is 0 Å². The maximum atomic E-state index is 9.00. The molecule has 0 saturated heterocycles. The van der Waals surface area contributed by atoms with Crippen LogP contribution in [0.3, 0.4) is 0 Å². The summed E-state index contributed by atoms with van der Waals surface area (Å²) in [6, 6.07) is 0. The molecule has 0 spiro atoms. The molecule has 0 aliphatic carbocycles. The Morgan fingerprint density at radius 2 is 1.00 bits per heavy atom. The molecule has 0 radical (unpaired) electrons. The second-order valence-corrected chi connectivity index (χ2v) is 1.04. The standard InChI is InChI=1S/2C2H4O2.Al.ClH.Na.4H/c2*1-2(3)4;;;;;;;/h2*1H3,(H,3,4);;1H;;;;;. The molecule has 0 aromatic heterocycles. The van der Waals surface area contributed by atoms with Crippen molar-refractivity contribution in [3.8, 4) is 0 Å². The number of carbonyl (C=O) groups is 2. The number of halogens is 1. The summed E-state index contributed by atoms with van der Waals surface area (Å²) in [5, 5.41) is 14.8. The van der Waals surface area contributed by atoms with E-state index in [-0.39, 0.29) is 59.3 Å². The predicted octanol–water partition coefficient (Wildman–Crippen LogP) is -1.23. The second kappa shape index (κ2) is 22.4. The van der Waals surface area contributed by atoms with Gasteiger partial charge in [0.2, 0.25) is 0 Å². The van der Waals surface area contributed by atoms with Crippen molar-refractivity contribution >= 4 is 71.3 Å². The van der Waals surface area contributed by atoms with E-state index in [1.807, 2.05) is 0 Å². The van der Waals surface area contributed by atoms with Crippen LogP contribution in [-0.2, 0) is 9.59 Å². The molecule has 0 saturated carbocycles. The Morgan fingerprint density at radius 1 is 1.00 bits per heavy atom. The minimum absolute atomic E-state index is 0. The third-order valence-corrected chi connectivity index (χ3v) is 0. The molecule has 0 fully saturated rings. The Balaban J connectivity index is -0.0000000171. The Kier molecular flexibility index (Phi) is 60.7. The van der Waals surface area contributed by atoms with E-state index >= 15 is 0 Å². The van der Waals surface area contributed by atoms with Gasteiger partial charge in [0.25, 0.3) is 11.9 Å². The summed E-state index contributed by atoms with van der Waals surface area (Å²) >= 11 is 0. The molecule has 0 bridgehead atoms. The number of carboxylic acid groups (broad SMARTS) is 2. The summed E-state index contributed by atoms with van der Waals surface area (Å²) < 4.78 is 0. The fraction of sp³-hybridized carbons (Fsp3) is 0.500. The molecule has 0 heterocycles. The van der Waals surface area contributed by atoms with Gasteiger partial charge in [0, 0.05) is 13.8 Å². The Hall–Kier alpha value is 0.762. The molecule has 11 heavy (non-hydrogen) atoms. The van der Waals surface area contributed by atoms with Crippen LogP contribution in [0.15, 0.2) is 0 Å². The molecule has 0 rings (SSSR count). The Bertz CT molecular complexity index is 80.1. The maximum absolute atomic E-state index is 9.00. The quantitative estimate of drug-likeness (QED) is 0.491. The molecule has 4 nitrogen and oxygen atoms in total. The van der Waals surface area contributed by atoms with Gasteiger partial charge in [-0.2, -0.15) is 0 Å². The average Bonchev–Trinajstić information content (AvgIpc) is 1.25. The minimum atomic E-state index is -0.833. The predicted molar refractivity (Wildman–Crippen MR) is 51.0 cm³/mol. The van der Waals surface area contributed by atoms with Crippen molar-refractivity contribution in [2.45, 2.75) is 13.8 Å². The van der Waals surface area contributed by atoms with Gasteiger partial charge in [-0.1, -0.05) is 0 Å². The van der Waals surface area contributed by atoms with Crippen LogP contribution in [0.2, 0.25) is 0 Å². The van der Waals surface area contributed by atoms with Crippen LogP contribution in [0.25, 0.3) is 0 Å². The zero-order valence-corrected chi connectivity index (χ0v) is 5.94. The molecular weight excluding hydrogens is 197 g/mol. The van der Waals surface area contributed by atoms with Crippen molar-refractivity contribution in [3.63, 3.8) is 0 Å². The van der Waals surface area contributed by atoms with Gasteiger partial charge in [-0.15, -0.1) is 12.4 Å². The first-order valence-corrected chi connectivity index (χ1v) is 1.86. The van der Waals surface area contributed by atoms with Gasteiger partial charge in [-0.25, -0.2) is 0 Å². The molecule has 64 valence electrons. The molecule has 0 amide bonds. The Morgan fingerprint density at radius 3 is 1.00 bits per heavy atom. The van der Waals surface area contributed by atoms with Gasteiger partial charge in [0.15, 0.2) is 17.4 Å². The van der Waals surface area contributed by atoms with Gasteiger partial charge in [0.05, 0.1) is 0 Å². The summed E-state index contributed by atoms with van der Waals surface area (Å²) in [6.07, 6.45) is 0. The van der Waals surface area contributed by atoms with Crippen LogP contribution in [0.5, 0.6) is 0 Å². The second-order valence-electron chi connectivity index (χ2n) is 1.04. The summed E-state index contributed by atoms with van der Waals surface area (Å²) in [5.74, 6) is -1.67. The summed E-state index contributed by atoms with van der Waals surface area (Å²) in [7, 11) is 0. The van der Waals surface area contributed by atoms with Gasteiger partial charge < -0.3 is 10.2 Å². The molecule has 0 aliphatic rings. The first-order chi connectivity index (χ1) is 3.46. The normalized spacial score (nSPS) is 4.55. The van der Waals surface area contributed by atoms with Crippen LogP contribution in [0.4, 0.5) is 0 Å². The first kappa shape index (κ1) is 29.8. The number of hydrogen-bond donors (Lipinski definition) is 2. The van der Waals surface area contributed by atoms with E-state index in [1.165, 1.54) is 0 Å². The van der Waals surface area contributed by atoms with Crippen LogP contribution in [-0.4, -0.2) is 69.1 Å². The van der Waals surface area contributed by atoms with Crippen LogP contribution < -0.4 is 0 Å².